The molecule has 4 aromatic carbocycles. The number of esters is 2. The Labute approximate surface area is 489 Å². The Balaban J connectivity index is 0.000000189. The fourth-order valence-electron chi connectivity index (χ4n) is 13.2. The second-order valence-corrected chi connectivity index (χ2v) is 22.3. The summed E-state index contributed by atoms with van der Waals surface area (Å²) < 4.78 is 42.5. The van der Waals surface area contributed by atoms with Crippen LogP contribution in [-0.2, 0) is 52.3 Å². The number of imide groups is 2. The number of hydrogen-bond acceptors (Lipinski definition) is 15. The predicted octanol–water partition coefficient (Wildman–Crippen LogP) is 7.51. The molecule has 2 spiro atoms. The summed E-state index contributed by atoms with van der Waals surface area (Å²) in [6.07, 6.45) is 7.10. The number of rotatable bonds is 12. The molecule has 6 aliphatic rings. The van der Waals surface area contributed by atoms with E-state index < -0.39 is 65.2 Å². The Morgan fingerprint density at radius 1 is 0.588 bits per heavy atom. The van der Waals surface area contributed by atoms with Crippen LogP contribution in [0.5, 0.6) is 0 Å². The van der Waals surface area contributed by atoms with E-state index in [2.05, 4.69) is 65.6 Å². The minimum atomic E-state index is -1.32. The Kier molecular flexibility index (Phi) is 17.7. The van der Waals surface area contributed by atoms with E-state index in [9.17, 15) is 47.1 Å². The molecular weight excluding hydrogens is 1100 g/mol. The van der Waals surface area contributed by atoms with Gasteiger partial charge in [-0.05, 0) is 172 Å². The van der Waals surface area contributed by atoms with E-state index in [0.29, 0.717) is 72.6 Å². The van der Waals surface area contributed by atoms with Gasteiger partial charge in [-0.2, -0.15) is 0 Å². The van der Waals surface area contributed by atoms with Crippen molar-refractivity contribution >= 4 is 58.7 Å². The van der Waals surface area contributed by atoms with Crippen molar-refractivity contribution in [2.45, 2.75) is 101 Å². The lowest BCUT2D eigenvalue weighted by molar-refractivity contribution is -0.137. The molecule has 2 atom stereocenters. The van der Waals surface area contributed by atoms with Crippen LogP contribution in [0.25, 0.3) is 11.0 Å². The quantitative estimate of drug-likeness (QED) is 0.0696. The number of aryl methyl sites for hydroxylation is 2. The van der Waals surface area contributed by atoms with Crippen LogP contribution >= 0.6 is 0 Å². The number of ether oxygens (including phenoxy) is 2. The molecule has 2 fully saturated rings. The Morgan fingerprint density at radius 3 is 1.48 bits per heavy atom. The summed E-state index contributed by atoms with van der Waals surface area (Å²) in [6, 6.07) is 19.2. The summed E-state index contributed by atoms with van der Waals surface area (Å²) in [5.74, 6) is -3.10. The summed E-state index contributed by atoms with van der Waals surface area (Å²) in [4.78, 5) is 111. The van der Waals surface area contributed by atoms with Gasteiger partial charge in [-0.1, -0.05) is 60.7 Å². The molecule has 8 amide bonds. The highest BCUT2D eigenvalue weighted by atomic mass is 19.2. The van der Waals surface area contributed by atoms with E-state index >= 15 is 0 Å². The lowest BCUT2D eigenvalue weighted by Gasteiger charge is -2.44. The second-order valence-electron chi connectivity index (χ2n) is 22.3. The molecular formula is C62H68F2N10O11. The molecule has 2 unspecified atom stereocenters. The number of carbonyl (C=O) groups excluding carboxylic acids is 8. The SMILES string of the molecule is COC(=O)C1=C(C)NC(=O)N(C(=O)NCCCN2CCC3(CC2)C(=O)CCc2ccccc23)C1c1ccc(F)c(F)c1.COC(=O)C1=C(C)NC(=O)N(C(=O)NCCCN2CCC3(CC2)C(=O)CCc2ccccc23)C1c1ccc2nonc2c1. The van der Waals surface area contributed by atoms with Crippen LogP contribution in [-0.4, -0.2) is 144 Å². The maximum atomic E-state index is 14.2. The van der Waals surface area contributed by atoms with E-state index in [-0.39, 0.29) is 34.4 Å². The zero-order valence-corrected chi connectivity index (χ0v) is 47.9. The molecule has 21 nitrogen and oxygen atoms in total. The summed E-state index contributed by atoms with van der Waals surface area (Å²) in [6.45, 7) is 8.14. The van der Waals surface area contributed by atoms with E-state index in [1.807, 2.05) is 24.3 Å². The van der Waals surface area contributed by atoms with Crippen LogP contribution in [0.4, 0.5) is 28.0 Å². The molecule has 23 heteroatoms. The monoisotopic (exact) mass is 1170 g/mol. The molecule has 446 valence electrons. The Hall–Kier alpha value is -8.70. The summed E-state index contributed by atoms with van der Waals surface area (Å²) in [7, 11) is 2.40. The zero-order valence-electron chi connectivity index (χ0n) is 47.9. The normalized spacial score (nSPS) is 20.3. The number of fused-ring (bicyclic) bond motifs is 5. The zero-order chi connectivity index (χ0) is 60.2. The average Bonchev–Trinajstić information content (AvgIpc) is 1.43. The van der Waals surface area contributed by atoms with Gasteiger partial charge in [0.2, 0.25) is 0 Å². The predicted molar refractivity (Wildman–Crippen MR) is 304 cm³/mol. The number of nitrogens with one attached hydrogen (secondary N) is 4. The number of piperidine rings is 2. The van der Waals surface area contributed by atoms with Gasteiger partial charge in [-0.15, -0.1) is 0 Å². The third-order valence-corrected chi connectivity index (χ3v) is 17.6. The number of methoxy groups -OCH3 is 2. The van der Waals surface area contributed by atoms with Gasteiger partial charge in [0, 0.05) is 37.3 Å². The van der Waals surface area contributed by atoms with Gasteiger partial charge in [-0.3, -0.25) is 9.59 Å². The van der Waals surface area contributed by atoms with Crippen LogP contribution in [0.15, 0.2) is 112 Å². The highest BCUT2D eigenvalue weighted by Crippen LogP contribution is 2.45. The molecule has 11 rings (SSSR count). The Morgan fingerprint density at radius 2 is 1.02 bits per heavy atom. The van der Waals surface area contributed by atoms with Gasteiger partial charge in [0.1, 0.15) is 34.7 Å². The fraction of sp³-hybridized carbons (Fsp3) is 0.419. The molecule has 85 heavy (non-hydrogen) atoms. The molecule has 1 aromatic heterocycles. The fourth-order valence-corrected chi connectivity index (χ4v) is 13.2. The highest BCUT2D eigenvalue weighted by Gasteiger charge is 2.48. The Bertz CT molecular complexity index is 3530. The largest absolute Gasteiger partial charge is 0.466 e. The minimum absolute atomic E-state index is 0.0414. The number of likely N-dealkylation sites (tertiary alicyclic amines) is 2. The molecule has 0 bridgehead atoms. The van der Waals surface area contributed by atoms with Crippen LogP contribution in [0.3, 0.4) is 0 Å². The van der Waals surface area contributed by atoms with E-state index in [0.717, 1.165) is 100 Å². The van der Waals surface area contributed by atoms with Crippen molar-refractivity contribution in [3.8, 4) is 0 Å². The molecule has 4 aliphatic heterocycles. The van der Waals surface area contributed by atoms with Crippen molar-refractivity contribution < 1.29 is 61.2 Å². The van der Waals surface area contributed by atoms with Gasteiger partial charge in [0.05, 0.1) is 36.2 Å². The highest BCUT2D eigenvalue weighted by molar-refractivity contribution is 6.03. The van der Waals surface area contributed by atoms with E-state index in [1.165, 1.54) is 42.4 Å². The van der Waals surface area contributed by atoms with Gasteiger partial charge in [0.25, 0.3) is 0 Å². The number of halogens is 2. The van der Waals surface area contributed by atoms with Crippen LogP contribution in [0.1, 0.15) is 111 Å². The third-order valence-electron chi connectivity index (χ3n) is 17.6. The van der Waals surface area contributed by atoms with Crippen molar-refractivity contribution in [1.29, 1.82) is 0 Å². The minimum Gasteiger partial charge on any atom is -0.466 e. The van der Waals surface area contributed by atoms with Gasteiger partial charge < -0.3 is 40.5 Å². The van der Waals surface area contributed by atoms with Gasteiger partial charge in [0.15, 0.2) is 11.6 Å². The first kappa shape index (κ1) is 59.5. The number of ketones is 2. The van der Waals surface area contributed by atoms with Crippen molar-refractivity contribution in [3.63, 3.8) is 0 Å². The number of urea groups is 4. The number of hydrogen-bond donors (Lipinski definition) is 4. The maximum Gasteiger partial charge on any atom is 0.337 e. The van der Waals surface area contributed by atoms with E-state index in [4.69, 9.17) is 14.1 Å². The second kappa shape index (κ2) is 25.3. The molecule has 0 radical (unpaired) electrons. The van der Waals surface area contributed by atoms with Crippen molar-refractivity contribution in [3.05, 3.63) is 152 Å². The standard InChI is InChI=1S/C31H34F2N4O5.C31H34N6O6/c1-19-26(28(39)42-2)27(21-8-10-23(32)24(33)18-21)37(30(41)35-19)29(40)34-14-5-15-36-16-12-31(13-17-36)22-7-4-3-6-20(22)9-11-25(31)38;1-19-26(28(39)42-2)27(21-8-10-23-24(18-21)35-43-34-23)37(30(41)33-19)29(40)32-14-5-15-36-16-12-31(13-17-36)22-7-4-3-6-20(22)9-11-25(31)38/h3-4,6-8,10,18,27H,5,9,11-17H2,1-2H3,(H,34,40)(H,35,41);3-4,6-8,10,18,27H,5,9,11-17H2,1-2H3,(H,32,40)(H,33,41). The number of allylic oxidation sites excluding steroid dienone is 2. The molecule has 2 saturated heterocycles. The molecule has 5 aromatic rings. The smallest absolute Gasteiger partial charge is 0.337 e. The number of nitrogens with zero attached hydrogens (tertiary/aromatic N) is 6. The summed E-state index contributed by atoms with van der Waals surface area (Å²) in [5, 5.41) is 18.3. The van der Waals surface area contributed by atoms with Crippen molar-refractivity contribution in [1.82, 2.24) is 51.2 Å². The topological polar surface area (TPSA) is 255 Å². The molecule has 4 N–H and O–H groups in total. The molecule has 5 heterocycles. The molecule has 2 aliphatic carbocycles. The lowest BCUT2D eigenvalue weighted by atomic mass is 9.64. The average molecular weight is 1170 g/mol. The van der Waals surface area contributed by atoms with Crippen LogP contribution < -0.4 is 21.3 Å². The summed E-state index contributed by atoms with van der Waals surface area (Å²) >= 11 is 0. The number of aromatic nitrogens is 2. The van der Waals surface area contributed by atoms with Crippen molar-refractivity contribution in [2.75, 3.05) is 66.6 Å². The number of amides is 8. The first-order valence-corrected chi connectivity index (χ1v) is 28.7. The van der Waals surface area contributed by atoms with E-state index in [1.54, 1.807) is 25.1 Å². The summed E-state index contributed by atoms with van der Waals surface area (Å²) in [5.41, 5.74) is 6.06. The molecule has 0 saturated carbocycles. The van der Waals surface area contributed by atoms with Gasteiger partial charge >= 0.3 is 36.1 Å². The first-order chi connectivity index (χ1) is 41.0. The number of benzene rings is 4. The number of Topliss-reactive ketones (excluding diaryl/α,β-unsaturated/α-hetero) is 2. The van der Waals surface area contributed by atoms with Gasteiger partial charge in [-0.25, -0.2) is 52.0 Å². The number of carbonyl (C=O) groups is 8. The van der Waals surface area contributed by atoms with Crippen molar-refractivity contribution in [2.24, 2.45) is 0 Å². The van der Waals surface area contributed by atoms with Crippen LogP contribution in [0.2, 0.25) is 0 Å². The van der Waals surface area contributed by atoms with Crippen LogP contribution in [0, 0.1) is 11.6 Å². The maximum absolute atomic E-state index is 14.2. The first-order valence-electron chi connectivity index (χ1n) is 28.7. The third kappa shape index (κ3) is 11.8. The lowest BCUT2D eigenvalue weighted by Crippen LogP contribution is -2.54.